The van der Waals surface area contributed by atoms with Crippen molar-refractivity contribution < 1.29 is 9.59 Å². The molecule has 0 fully saturated rings. The summed E-state index contributed by atoms with van der Waals surface area (Å²) in [5, 5.41) is 1.63. The molecule has 2 amide bonds. The van der Waals surface area contributed by atoms with Crippen molar-refractivity contribution >= 4 is 22.6 Å². The third-order valence-electron chi connectivity index (χ3n) is 4.87. The molecule has 0 spiro atoms. The fourth-order valence-corrected chi connectivity index (χ4v) is 3.51. The Kier molecular flexibility index (Phi) is 4.83. The summed E-state index contributed by atoms with van der Waals surface area (Å²) in [5.41, 5.74) is 8.44. The number of para-hydroxylation sites is 1. The van der Waals surface area contributed by atoms with Gasteiger partial charge in [0.15, 0.2) is 0 Å². The second-order valence-corrected chi connectivity index (χ2v) is 6.74. The first kappa shape index (κ1) is 18.4. The lowest BCUT2D eigenvalue weighted by atomic mass is 10.1. The molecule has 0 saturated heterocycles. The van der Waals surface area contributed by atoms with E-state index in [1.165, 1.54) is 0 Å². The first-order valence-electron chi connectivity index (χ1n) is 9.25. The van der Waals surface area contributed by atoms with Gasteiger partial charge in [-0.3, -0.25) is 25.4 Å². The van der Waals surface area contributed by atoms with Crippen molar-refractivity contribution in [2.75, 3.05) is 0 Å². The van der Waals surface area contributed by atoms with E-state index in [0.29, 0.717) is 5.56 Å². The number of carbonyl (C=O) groups excluding carboxylic acids is 2. The molecule has 0 aliphatic heterocycles. The van der Waals surface area contributed by atoms with Gasteiger partial charge in [-0.05, 0) is 43.5 Å². The number of aryl methyl sites for hydroxylation is 1. The third-order valence-corrected chi connectivity index (χ3v) is 4.87. The van der Waals surface area contributed by atoms with Crippen molar-refractivity contribution in [2.45, 2.75) is 13.8 Å². The number of fused-ring (bicyclic) bond motifs is 1. The summed E-state index contributed by atoms with van der Waals surface area (Å²) in [6, 6.07) is 20.9. The predicted octanol–water partition coefficient (Wildman–Crippen LogP) is 3.72. The number of pyridine rings is 1. The van der Waals surface area contributed by atoms with Crippen LogP contribution in [0.4, 0.5) is 0 Å². The molecule has 2 heterocycles. The topological polar surface area (TPSA) is 76.0 Å². The minimum absolute atomic E-state index is 0.262. The molecule has 2 aromatic heterocycles. The second-order valence-electron chi connectivity index (χ2n) is 6.74. The van der Waals surface area contributed by atoms with Gasteiger partial charge >= 0.3 is 0 Å². The quantitative estimate of drug-likeness (QED) is 0.529. The average molecular weight is 384 g/mol. The third kappa shape index (κ3) is 3.48. The van der Waals surface area contributed by atoms with E-state index in [9.17, 15) is 9.59 Å². The SMILES string of the molecule is Cc1cc(C(=O)NNC(=O)c2nccc3ccccc23)c(C)n1-c1ccccc1. The summed E-state index contributed by atoms with van der Waals surface area (Å²) in [6.45, 7) is 3.82. The van der Waals surface area contributed by atoms with Crippen LogP contribution in [0.25, 0.3) is 16.5 Å². The molecular weight excluding hydrogens is 364 g/mol. The van der Waals surface area contributed by atoms with E-state index in [2.05, 4.69) is 15.8 Å². The van der Waals surface area contributed by atoms with Crippen LogP contribution in [0.3, 0.4) is 0 Å². The zero-order valence-electron chi connectivity index (χ0n) is 16.1. The Balaban J connectivity index is 1.54. The van der Waals surface area contributed by atoms with Crippen LogP contribution in [0.5, 0.6) is 0 Å². The predicted molar refractivity (Wildman–Crippen MR) is 112 cm³/mol. The first-order valence-corrected chi connectivity index (χ1v) is 9.25. The van der Waals surface area contributed by atoms with Gasteiger partial charge in [-0.25, -0.2) is 0 Å². The number of hydrogen-bond acceptors (Lipinski definition) is 3. The van der Waals surface area contributed by atoms with Crippen LogP contribution in [-0.2, 0) is 0 Å². The second kappa shape index (κ2) is 7.59. The number of benzene rings is 2. The van der Waals surface area contributed by atoms with E-state index in [4.69, 9.17) is 0 Å². The van der Waals surface area contributed by atoms with Crippen LogP contribution in [0.15, 0.2) is 72.9 Å². The Labute approximate surface area is 168 Å². The molecule has 4 aromatic rings. The number of amides is 2. The minimum atomic E-state index is -0.466. The maximum Gasteiger partial charge on any atom is 0.288 e. The molecule has 0 atom stereocenters. The number of aromatic nitrogens is 2. The largest absolute Gasteiger partial charge is 0.318 e. The van der Waals surface area contributed by atoms with Crippen molar-refractivity contribution in [3.8, 4) is 5.69 Å². The lowest BCUT2D eigenvalue weighted by Gasteiger charge is -2.11. The van der Waals surface area contributed by atoms with Gasteiger partial charge in [0, 0.05) is 28.7 Å². The van der Waals surface area contributed by atoms with Crippen LogP contribution in [0.2, 0.25) is 0 Å². The van der Waals surface area contributed by atoms with Crippen molar-refractivity contribution in [1.29, 1.82) is 0 Å². The van der Waals surface area contributed by atoms with Crippen LogP contribution in [0, 0.1) is 13.8 Å². The lowest BCUT2D eigenvalue weighted by molar-refractivity contribution is 0.0844. The average Bonchev–Trinajstić information content (AvgIpc) is 3.06. The van der Waals surface area contributed by atoms with Crippen LogP contribution in [-0.4, -0.2) is 21.4 Å². The number of rotatable bonds is 3. The maximum atomic E-state index is 12.7. The number of hydrogen-bond donors (Lipinski definition) is 2. The van der Waals surface area contributed by atoms with E-state index < -0.39 is 5.91 Å². The molecule has 6 heteroatoms. The van der Waals surface area contributed by atoms with Crippen LogP contribution < -0.4 is 10.9 Å². The normalized spacial score (nSPS) is 10.7. The highest BCUT2D eigenvalue weighted by Crippen LogP contribution is 2.20. The van der Waals surface area contributed by atoms with Crippen LogP contribution in [0.1, 0.15) is 32.2 Å². The molecule has 0 aliphatic carbocycles. The summed E-state index contributed by atoms with van der Waals surface area (Å²) in [5.74, 6) is -0.846. The molecule has 2 aromatic carbocycles. The minimum Gasteiger partial charge on any atom is -0.318 e. The fraction of sp³-hybridized carbons (Fsp3) is 0.0870. The number of hydrazine groups is 1. The Hall–Kier alpha value is -3.93. The monoisotopic (exact) mass is 384 g/mol. The molecular formula is C23H20N4O2. The Bertz CT molecular complexity index is 1210. The van der Waals surface area contributed by atoms with Crippen molar-refractivity contribution in [2.24, 2.45) is 0 Å². The molecule has 2 N–H and O–H groups in total. The number of nitrogens with zero attached hydrogens (tertiary/aromatic N) is 2. The molecule has 0 unspecified atom stereocenters. The molecule has 0 bridgehead atoms. The van der Waals surface area contributed by atoms with Crippen LogP contribution >= 0.6 is 0 Å². The summed E-state index contributed by atoms with van der Waals surface area (Å²) in [7, 11) is 0. The van der Waals surface area contributed by atoms with Gasteiger partial charge in [-0.2, -0.15) is 0 Å². The molecule has 29 heavy (non-hydrogen) atoms. The molecule has 6 nitrogen and oxygen atoms in total. The van der Waals surface area contributed by atoms with Gasteiger partial charge in [0.25, 0.3) is 11.8 Å². The lowest BCUT2D eigenvalue weighted by Crippen LogP contribution is -2.42. The highest BCUT2D eigenvalue weighted by atomic mass is 16.2. The van der Waals surface area contributed by atoms with E-state index in [1.54, 1.807) is 12.3 Å². The molecule has 144 valence electrons. The highest BCUT2D eigenvalue weighted by molar-refractivity contribution is 6.06. The Morgan fingerprint density at radius 1 is 0.862 bits per heavy atom. The summed E-state index contributed by atoms with van der Waals surface area (Å²) >= 11 is 0. The van der Waals surface area contributed by atoms with Crippen molar-refractivity contribution in [3.63, 3.8) is 0 Å². The summed E-state index contributed by atoms with van der Waals surface area (Å²) in [4.78, 5) is 29.4. The van der Waals surface area contributed by atoms with E-state index in [0.717, 1.165) is 27.8 Å². The fourth-order valence-electron chi connectivity index (χ4n) is 3.51. The van der Waals surface area contributed by atoms with E-state index in [-0.39, 0.29) is 11.6 Å². The van der Waals surface area contributed by atoms with Gasteiger partial charge in [0.05, 0.1) is 5.56 Å². The summed E-state index contributed by atoms with van der Waals surface area (Å²) in [6.07, 6.45) is 1.58. The van der Waals surface area contributed by atoms with Crippen molar-refractivity contribution in [3.05, 3.63) is 95.6 Å². The van der Waals surface area contributed by atoms with Gasteiger partial charge in [0.2, 0.25) is 0 Å². The Morgan fingerprint density at radius 3 is 2.34 bits per heavy atom. The standard InChI is InChI=1S/C23H20N4O2/c1-15-14-20(16(2)27(15)18-9-4-3-5-10-18)22(28)25-26-23(29)21-19-11-7-6-8-17(19)12-13-24-21/h3-14H,1-2H3,(H,25,28)(H,26,29). The molecule has 4 rings (SSSR count). The Morgan fingerprint density at radius 2 is 1.55 bits per heavy atom. The van der Waals surface area contributed by atoms with E-state index in [1.807, 2.05) is 79.1 Å². The van der Waals surface area contributed by atoms with Gasteiger partial charge in [-0.1, -0.05) is 42.5 Å². The smallest absolute Gasteiger partial charge is 0.288 e. The number of carbonyl (C=O) groups is 2. The number of nitrogens with one attached hydrogen (secondary N) is 2. The van der Waals surface area contributed by atoms with Gasteiger partial charge in [0.1, 0.15) is 5.69 Å². The van der Waals surface area contributed by atoms with Gasteiger partial charge < -0.3 is 4.57 Å². The van der Waals surface area contributed by atoms with Crippen molar-refractivity contribution in [1.82, 2.24) is 20.4 Å². The zero-order valence-corrected chi connectivity index (χ0v) is 16.1. The summed E-state index contributed by atoms with van der Waals surface area (Å²) < 4.78 is 2.00. The van der Waals surface area contributed by atoms with E-state index >= 15 is 0 Å². The first-order chi connectivity index (χ1) is 14.1. The zero-order chi connectivity index (χ0) is 20.4. The highest BCUT2D eigenvalue weighted by Gasteiger charge is 2.18. The molecule has 0 saturated carbocycles. The molecule has 0 aliphatic rings. The molecule has 0 radical (unpaired) electrons. The maximum absolute atomic E-state index is 12.7. The van der Waals surface area contributed by atoms with Gasteiger partial charge in [-0.15, -0.1) is 0 Å².